The van der Waals surface area contributed by atoms with E-state index in [1.54, 1.807) is 24.4 Å². The molecule has 1 saturated heterocycles. The minimum Gasteiger partial charge on any atom is -0.463 e. The molecule has 3 aromatic rings. The molecule has 0 N–H and O–H groups in total. The van der Waals surface area contributed by atoms with Crippen LogP contribution in [0.15, 0.2) is 58.1 Å². The molecule has 0 spiro atoms. The van der Waals surface area contributed by atoms with Crippen molar-refractivity contribution in [2.24, 2.45) is 0 Å². The van der Waals surface area contributed by atoms with Crippen LogP contribution < -0.4 is 10.2 Å². The van der Waals surface area contributed by atoms with E-state index in [-0.39, 0.29) is 27.7 Å². The lowest BCUT2D eigenvalue weighted by Crippen LogP contribution is -2.63. The lowest BCUT2D eigenvalue weighted by molar-refractivity contribution is -0.288. The molecule has 1 fully saturated rings. The van der Waals surface area contributed by atoms with E-state index in [0.717, 1.165) is 20.8 Å². The fraction of sp³-hybridized carbons (Fsp3) is 0.357. The predicted molar refractivity (Wildman–Crippen MR) is 138 cm³/mol. The average Bonchev–Trinajstić information content (AvgIpc) is 2.91. The zero-order chi connectivity index (χ0) is 29.7. The summed E-state index contributed by atoms with van der Waals surface area (Å²) in [4.78, 5) is 64.7. The molecule has 0 aliphatic carbocycles. The third-order valence-electron chi connectivity index (χ3n) is 5.89. The van der Waals surface area contributed by atoms with Gasteiger partial charge in [-0.1, -0.05) is 6.07 Å². The average molecular weight is 570 g/mol. The molecule has 4 rings (SSSR count). The first-order valence-corrected chi connectivity index (χ1v) is 12.5. The van der Waals surface area contributed by atoms with Gasteiger partial charge in [0.15, 0.2) is 12.2 Å². The Bertz CT molecular complexity index is 1500. The molecule has 0 amide bonds. The van der Waals surface area contributed by atoms with E-state index >= 15 is 0 Å². The molecule has 41 heavy (non-hydrogen) atoms. The van der Waals surface area contributed by atoms with Crippen molar-refractivity contribution in [3.05, 3.63) is 59.1 Å². The van der Waals surface area contributed by atoms with E-state index in [9.17, 15) is 24.0 Å². The Morgan fingerprint density at radius 2 is 1.54 bits per heavy atom. The van der Waals surface area contributed by atoms with Gasteiger partial charge in [-0.15, -0.1) is 0 Å². The Balaban J connectivity index is 1.70. The van der Waals surface area contributed by atoms with Gasteiger partial charge in [0.1, 0.15) is 30.3 Å². The number of fused-ring (bicyclic) bond motifs is 1. The van der Waals surface area contributed by atoms with E-state index in [0.29, 0.717) is 5.69 Å². The van der Waals surface area contributed by atoms with Crippen molar-refractivity contribution in [1.82, 2.24) is 4.98 Å². The number of hydrogen-bond acceptors (Lipinski definition) is 13. The molecule has 1 aliphatic rings. The molecule has 1 aromatic carbocycles. The molecule has 216 valence electrons. The Morgan fingerprint density at radius 3 is 2.17 bits per heavy atom. The lowest BCUT2D eigenvalue weighted by atomic mass is 9.98. The highest BCUT2D eigenvalue weighted by Gasteiger charge is 2.53. The highest BCUT2D eigenvalue weighted by Crippen LogP contribution is 2.32. The van der Waals surface area contributed by atoms with Gasteiger partial charge in [-0.2, -0.15) is 0 Å². The minimum absolute atomic E-state index is 0.132. The SMILES string of the molecule is CC(=O)OCC1OC(Oc2ccc3c(=O)c(-c4ccccn4)coc3c2)C(OC(C)=O)C(OC(C)=O)C1OC(C)=O. The molecule has 2 aromatic heterocycles. The van der Waals surface area contributed by atoms with Crippen LogP contribution in [0.25, 0.3) is 22.2 Å². The number of esters is 4. The molecule has 5 atom stereocenters. The van der Waals surface area contributed by atoms with Crippen LogP contribution in [0.5, 0.6) is 5.75 Å². The van der Waals surface area contributed by atoms with Gasteiger partial charge in [0.05, 0.1) is 16.6 Å². The van der Waals surface area contributed by atoms with Crippen molar-refractivity contribution in [3.63, 3.8) is 0 Å². The van der Waals surface area contributed by atoms with Crippen LogP contribution in [0.1, 0.15) is 27.7 Å². The Kier molecular flexibility index (Phi) is 8.97. The van der Waals surface area contributed by atoms with Gasteiger partial charge in [-0.05, 0) is 24.3 Å². The van der Waals surface area contributed by atoms with Crippen LogP contribution in [-0.4, -0.2) is 66.2 Å². The summed E-state index contributed by atoms with van der Waals surface area (Å²) in [5, 5.41) is 0.252. The second kappa shape index (κ2) is 12.6. The first kappa shape index (κ1) is 29.2. The van der Waals surface area contributed by atoms with E-state index in [1.807, 2.05) is 0 Å². The van der Waals surface area contributed by atoms with E-state index in [2.05, 4.69) is 4.98 Å². The number of rotatable bonds is 8. The van der Waals surface area contributed by atoms with Gasteiger partial charge in [-0.3, -0.25) is 29.0 Å². The van der Waals surface area contributed by atoms with E-state index < -0.39 is 61.2 Å². The molecule has 0 radical (unpaired) electrons. The molecule has 13 nitrogen and oxygen atoms in total. The summed E-state index contributed by atoms with van der Waals surface area (Å²) in [7, 11) is 0. The molecule has 5 unspecified atom stereocenters. The van der Waals surface area contributed by atoms with Crippen molar-refractivity contribution in [2.45, 2.75) is 58.4 Å². The second-order valence-corrected chi connectivity index (χ2v) is 9.04. The number of carbonyl (C=O) groups is 4. The third kappa shape index (κ3) is 7.06. The van der Waals surface area contributed by atoms with Crippen molar-refractivity contribution in [2.75, 3.05) is 6.61 Å². The fourth-order valence-electron chi connectivity index (χ4n) is 4.30. The number of carbonyl (C=O) groups excluding carboxylic acids is 4. The van der Waals surface area contributed by atoms with Gasteiger partial charge < -0.3 is 32.8 Å². The smallest absolute Gasteiger partial charge is 0.303 e. The molecular weight excluding hydrogens is 542 g/mol. The summed E-state index contributed by atoms with van der Waals surface area (Å²) in [6.45, 7) is 4.13. The summed E-state index contributed by atoms with van der Waals surface area (Å²) in [6.07, 6.45) is -3.90. The maximum Gasteiger partial charge on any atom is 0.303 e. The van der Waals surface area contributed by atoms with Gasteiger partial charge in [0.2, 0.25) is 17.8 Å². The Morgan fingerprint density at radius 1 is 0.854 bits per heavy atom. The number of pyridine rings is 1. The third-order valence-corrected chi connectivity index (χ3v) is 5.89. The summed E-state index contributed by atoms with van der Waals surface area (Å²) in [5.74, 6) is -2.80. The topological polar surface area (TPSA) is 167 Å². The van der Waals surface area contributed by atoms with E-state index in [4.69, 9.17) is 32.8 Å². The van der Waals surface area contributed by atoms with Crippen LogP contribution in [-0.2, 0) is 42.9 Å². The number of nitrogens with zero attached hydrogens (tertiary/aromatic N) is 1. The van der Waals surface area contributed by atoms with Crippen LogP contribution >= 0.6 is 0 Å². The highest BCUT2D eigenvalue weighted by molar-refractivity contribution is 5.82. The van der Waals surface area contributed by atoms with Crippen molar-refractivity contribution in [1.29, 1.82) is 0 Å². The summed E-state index contributed by atoms with van der Waals surface area (Å²) >= 11 is 0. The molecule has 0 bridgehead atoms. The van der Waals surface area contributed by atoms with Gasteiger partial charge >= 0.3 is 23.9 Å². The highest BCUT2D eigenvalue weighted by atomic mass is 16.7. The fourth-order valence-corrected chi connectivity index (χ4v) is 4.30. The monoisotopic (exact) mass is 569 g/mol. The van der Waals surface area contributed by atoms with Gasteiger partial charge in [0.25, 0.3) is 0 Å². The lowest BCUT2D eigenvalue weighted by Gasteiger charge is -2.43. The van der Waals surface area contributed by atoms with Gasteiger partial charge in [0, 0.05) is 40.0 Å². The summed E-state index contributed by atoms with van der Waals surface area (Å²) in [6, 6.07) is 9.52. The summed E-state index contributed by atoms with van der Waals surface area (Å²) in [5.41, 5.74) is 0.578. The molecule has 0 saturated carbocycles. The number of ether oxygens (including phenoxy) is 6. The largest absolute Gasteiger partial charge is 0.463 e. The maximum atomic E-state index is 13.1. The van der Waals surface area contributed by atoms with Crippen LogP contribution in [0.2, 0.25) is 0 Å². The predicted octanol–water partition coefficient (Wildman–Crippen LogP) is 2.32. The van der Waals surface area contributed by atoms with Crippen molar-refractivity contribution >= 4 is 34.8 Å². The number of hydrogen-bond donors (Lipinski definition) is 0. The number of aromatic nitrogens is 1. The normalized spacial score (nSPS) is 21.9. The first-order valence-electron chi connectivity index (χ1n) is 12.5. The van der Waals surface area contributed by atoms with Crippen molar-refractivity contribution in [3.8, 4) is 17.0 Å². The van der Waals surface area contributed by atoms with Crippen LogP contribution in [0.3, 0.4) is 0 Å². The molecule has 13 heteroatoms. The van der Waals surface area contributed by atoms with Crippen LogP contribution in [0.4, 0.5) is 0 Å². The van der Waals surface area contributed by atoms with Crippen molar-refractivity contribution < 1.29 is 52.0 Å². The Labute approximate surface area is 233 Å². The molecule has 1 aliphatic heterocycles. The first-order chi connectivity index (χ1) is 19.5. The maximum absolute atomic E-state index is 13.1. The standard InChI is InChI=1S/C28H27NO12/c1-14(30)35-13-23-25(37-15(2)31)26(38-16(3)32)27(39-17(4)33)28(41-23)40-18-8-9-19-22(11-18)36-12-20(24(19)34)21-7-5-6-10-29-21/h5-12,23,25-28H,13H2,1-4H3. The quantitative estimate of drug-likeness (QED) is 0.287. The van der Waals surface area contributed by atoms with E-state index in [1.165, 1.54) is 31.4 Å². The second-order valence-electron chi connectivity index (χ2n) is 9.04. The van der Waals surface area contributed by atoms with Gasteiger partial charge in [-0.25, -0.2) is 0 Å². The Hall–Kier alpha value is -4.78. The zero-order valence-corrected chi connectivity index (χ0v) is 22.6. The zero-order valence-electron chi connectivity index (χ0n) is 22.6. The summed E-state index contributed by atoms with van der Waals surface area (Å²) < 4.78 is 38.8. The number of benzene rings is 1. The minimum atomic E-state index is -1.44. The molecule has 3 heterocycles. The molecular formula is C28H27NO12. The van der Waals surface area contributed by atoms with Crippen LogP contribution in [0, 0.1) is 0 Å².